The maximum absolute atomic E-state index is 14.0. The van der Waals surface area contributed by atoms with Gasteiger partial charge >= 0.3 is 0 Å². The van der Waals surface area contributed by atoms with Crippen molar-refractivity contribution < 1.29 is 27.9 Å². The number of hydrogen-bond donors (Lipinski definition) is 3. The van der Waals surface area contributed by atoms with Crippen molar-refractivity contribution in [1.82, 2.24) is 25.5 Å². The largest absolute Gasteiger partial charge is 0.445 e. The summed E-state index contributed by atoms with van der Waals surface area (Å²) in [5.41, 5.74) is 1.87. The number of oxazole rings is 1. The van der Waals surface area contributed by atoms with E-state index in [4.69, 9.17) is 4.42 Å². The third kappa shape index (κ3) is 9.01. The summed E-state index contributed by atoms with van der Waals surface area (Å²) in [6, 6.07) is 12.3. The van der Waals surface area contributed by atoms with Crippen molar-refractivity contribution in [3.63, 3.8) is 0 Å². The summed E-state index contributed by atoms with van der Waals surface area (Å²) in [7, 11) is 0. The predicted molar refractivity (Wildman–Crippen MR) is 162 cm³/mol. The molecule has 2 heterocycles. The number of halogens is 2. The highest BCUT2D eigenvalue weighted by molar-refractivity contribution is 6.01. The number of aromatic nitrogens is 2. The maximum Gasteiger partial charge on any atom is 0.253 e. The van der Waals surface area contributed by atoms with Crippen molar-refractivity contribution in [2.24, 2.45) is 0 Å². The number of benzene rings is 2. The zero-order chi connectivity index (χ0) is 31.5. The molecule has 0 aliphatic rings. The van der Waals surface area contributed by atoms with E-state index in [-0.39, 0.29) is 41.5 Å². The molecule has 2 atom stereocenters. The van der Waals surface area contributed by atoms with E-state index in [1.54, 1.807) is 29.3 Å². The van der Waals surface area contributed by atoms with Crippen LogP contribution in [0.5, 0.6) is 0 Å². The smallest absolute Gasteiger partial charge is 0.253 e. The first kappa shape index (κ1) is 32.4. The highest BCUT2D eigenvalue weighted by atomic mass is 19.1. The SMILES string of the molecule is CCCN(CCC)C(=O)c1cc(C(=O)N[C@H](Cc2cc(F)cc(F)c2)[C@@H](O)CNCc2ccccn2)cc(-c2ncco2)c1. The van der Waals surface area contributed by atoms with Gasteiger partial charge in [0.2, 0.25) is 5.89 Å². The van der Waals surface area contributed by atoms with Crippen molar-refractivity contribution >= 4 is 11.8 Å². The first-order valence-electron chi connectivity index (χ1n) is 14.7. The van der Waals surface area contributed by atoms with Gasteiger partial charge in [0.05, 0.1) is 24.0 Å². The minimum Gasteiger partial charge on any atom is -0.445 e. The van der Waals surface area contributed by atoms with Crippen LogP contribution in [0.15, 0.2) is 77.7 Å². The number of nitrogens with one attached hydrogen (secondary N) is 2. The summed E-state index contributed by atoms with van der Waals surface area (Å²) in [4.78, 5) is 37.4. The highest BCUT2D eigenvalue weighted by Gasteiger charge is 2.25. The Kier molecular flexibility index (Phi) is 11.7. The third-order valence-corrected chi connectivity index (χ3v) is 6.94. The monoisotopic (exact) mass is 605 g/mol. The molecule has 0 bridgehead atoms. The van der Waals surface area contributed by atoms with Crippen LogP contribution in [0.4, 0.5) is 8.78 Å². The normalized spacial score (nSPS) is 12.5. The number of aliphatic hydroxyl groups excluding tert-OH is 1. The van der Waals surface area contributed by atoms with Crippen LogP contribution in [0.2, 0.25) is 0 Å². The lowest BCUT2D eigenvalue weighted by molar-refractivity contribution is 0.0755. The first-order chi connectivity index (χ1) is 21.3. The molecule has 3 N–H and O–H groups in total. The van der Waals surface area contributed by atoms with Crippen LogP contribution >= 0.6 is 0 Å². The molecule has 2 aromatic heterocycles. The molecule has 11 heteroatoms. The number of carbonyl (C=O) groups excluding carboxylic acids is 2. The van der Waals surface area contributed by atoms with Gasteiger partial charge in [0.1, 0.15) is 17.9 Å². The molecular formula is C33H37F2N5O4. The molecule has 0 radical (unpaired) electrons. The maximum atomic E-state index is 14.0. The molecule has 4 aromatic rings. The molecule has 232 valence electrons. The molecule has 9 nitrogen and oxygen atoms in total. The van der Waals surface area contributed by atoms with E-state index in [1.165, 1.54) is 18.5 Å². The number of pyridine rings is 1. The summed E-state index contributed by atoms with van der Waals surface area (Å²) in [6.45, 7) is 5.51. The van der Waals surface area contributed by atoms with E-state index >= 15 is 0 Å². The standard InChI is InChI=1S/C33H37F2N5O4/c1-3-10-40(11-4-2)33(43)25-17-23(16-24(18-25)32-38-9-12-44-32)31(42)39-29(15-22-13-26(34)19-27(35)14-22)30(41)21-36-20-28-7-5-6-8-37-28/h5-9,12-14,16-19,29-30,36,41H,3-4,10-11,15,20-21H2,1-2H3,(H,39,42)/t29-,30+/m1/s1. The second-order valence-corrected chi connectivity index (χ2v) is 10.5. The summed E-state index contributed by atoms with van der Waals surface area (Å²) >= 11 is 0. The molecule has 0 unspecified atom stereocenters. The summed E-state index contributed by atoms with van der Waals surface area (Å²) < 4.78 is 33.5. The summed E-state index contributed by atoms with van der Waals surface area (Å²) in [6.07, 6.45) is 4.86. The summed E-state index contributed by atoms with van der Waals surface area (Å²) in [5.74, 6) is -2.12. The number of carbonyl (C=O) groups is 2. The Balaban J connectivity index is 1.61. The Bertz CT molecular complexity index is 1490. The van der Waals surface area contributed by atoms with Crippen molar-refractivity contribution in [1.29, 1.82) is 0 Å². The third-order valence-electron chi connectivity index (χ3n) is 6.94. The lowest BCUT2D eigenvalue weighted by Gasteiger charge is -2.25. The van der Waals surface area contributed by atoms with Gasteiger partial charge in [-0.25, -0.2) is 13.8 Å². The zero-order valence-electron chi connectivity index (χ0n) is 24.8. The fraction of sp³-hybridized carbons (Fsp3) is 0.333. The van der Waals surface area contributed by atoms with E-state index in [0.29, 0.717) is 25.2 Å². The Morgan fingerprint density at radius 3 is 2.32 bits per heavy atom. The molecule has 0 saturated carbocycles. The molecule has 0 aliphatic carbocycles. The Morgan fingerprint density at radius 1 is 0.955 bits per heavy atom. The summed E-state index contributed by atoms with van der Waals surface area (Å²) in [5, 5.41) is 17.1. The van der Waals surface area contributed by atoms with Gasteiger partial charge in [-0.2, -0.15) is 0 Å². The molecule has 0 spiro atoms. The van der Waals surface area contributed by atoms with E-state index in [1.807, 2.05) is 26.0 Å². The molecule has 2 aromatic carbocycles. The van der Waals surface area contributed by atoms with E-state index < -0.39 is 29.7 Å². The Labute approximate surface area is 255 Å². The van der Waals surface area contributed by atoms with Gasteiger partial charge in [-0.1, -0.05) is 19.9 Å². The van der Waals surface area contributed by atoms with Crippen molar-refractivity contribution in [2.75, 3.05) is 19.6 Å². The van der Waals surface area contributed by atoms with Gasteiger partial charge in [0.25, 0.3) is 11.8 Å². The van der Waals surface area contributed by atoms with Gasteiger partial charge in [-0.3, -0.25) is 14.6 Å². The molecule has 0 saturated heterocycles. The number of nitrogens with zero attached hydrogens (tertiary/aromatic N) is 3. The minimum atomic E-state index is -1.14. The fourth-order valence-electron chi connectivity index (χ4n) is 4.92. The van der Waals surface area contributed by atoms with Gasteiger partial charge in [-0.15, -0.1) is 0 Å². The molecule has 2 amide bonds. The highest BCUT2D eigenvalue weighted by Crippen LogP contribution is 2.23. The first-order valence-corrected chi connectivity index (χ1v) is 14.7. The van der Waals surface area contributed by atoms with Gasteiger partial charge in [-0.05, 0) is 67.3 Å². The predicted octanol–water partition coefficient (Wildman–Crippen LogP) is 4.77. The average molecular weight is 606 g/mol. The molecule has 4 rings (SSSR count). The van der Waals surface area contributed by atoms with Crippen LogP contribution in [0, 0.1) is 11.6 Å². The lowest BCUT2D eigenvalue weighted by Crippen LogP contribution is -2.48. The number of rotatable bonds is 15. The van der Waals surface area contributed by atoms with Gasteiger partial charge in [0.15, 0.2) is 0 Å². The average Bonchev–Trinajstić information content (AvgIpc) is 3.55. The van der Waals surface area contributed by atoms with Crippen LogP contribution in [0.1, 0.15) is 58.7 Å². The van der Waals surface area contributed by atoms with Crippen LogP contribution in [0.25, 0.3) is 11.5 Å². The topological polar surface area (TPSA) is 121 Å². The van der Waals surface area contributed by atoms with Crippen LogP contribution in [0.3, 0.4) is 0 Å². The van der Waals surface area contributed by atoms with Crippen LogP contribution in [-0.2, 0) is 13.0 Å². The number of amides is 2. The van der Waals surface area contributed by atoms with Gasteiger partial charge < -0.3 is 25.1 Å². The molecular weight excluding hydrogens is 568 g/mol. The van der Waals surface area contributed by atoms with Crippen LogP contribution in [-0.4, -0.2) is 63.6 Å². The fourth-order valence-corrected chi connectivity index (χ4v) is 4.92. The number of aliphatic hydroxyl groups is 1. The van der Waals surface area contributed by atoms with Gasteiger partial charge in [0, 0.05) is 55.1 Å². The second kappa shape index (κ2) is 15.8. The van der Waals surface area contributed by atoms with Crippen molar-refractivity contribution in [3.05, 3.63) is 107 Å². The second-order valence-electron chi connectivity index (χ2n) is 10.5. The van der Waals surface area contributed by atoms with E-state index in [9.17, 15) is 23.5 Å². The minimum absolute atomic E-state index is 0.0567. The van der Waals surface area contributed by atoms with Crippen LogP contribution < -0.4 is 10.6 Å². The zero-order valence-corrected chi connectivity index (χ0v) is 24.8. The van der Waals surface area contributed by atoms with E-state index in [2.05, 4.69) is 20.6 Å². The Morgan fingerprint density at radius 2 is 1.68 bits per heavy atom. The lowest BCUT2D eigenvalue weighted by atomic mass is 9.99. The quantitative estimate of drug-likeness (QED) is 0.179. The molecule has 44 heavy (non-hydrogen) atoms. The molecule has 0 fully saturated rings. The molecule has 0 aliphatic heterocycles. The number of hydrogen-bond acceptors (Lipinski definition) is 7. The van der Waals surface area contributed by atoms with Crippen molar-refractivity contribution in [2.45, 2.75) is 51.8 Å². The van der Waals surface area contributed by atoms with E-state index in [0.717, 1.165) is 36.7 Å². The Hall–Kier alpha value is -4.48. The van der Waals surface area contributed by atoms with Crippen molar-refractivity contribution in [3.8, 4) is 11.5 Å².